The maximum absolute atomic E-state index is 11.9. The number of hydrogen-bond donors (Lipinski definition) is 2. The number of sulfonamides is 1. The molecule has 0 amide bonds. The molecule has 100 valence electrons. The molecule has 17 heavy (non-hydrogen) atoms. The van der Waals surface area contributed by atoms with Crippen LogP contribution in [0.1, 0.15) is 45.4 Å². The van der Waals surface area contributed by atoms with E-state index in [2.05, 4.69) is 17.0 Å². The van der Waals surface area contributed by atoms with E-state index in [0.29, 0.717) is 18.5 Å². The van der Waals surface area contributed by atoms with E-state index in [1.807, 2.05) is 0 Å². The Morgan fingerprint density at radius 2 is 1.88 bits per heavy atom. The summed E-state index contributed by atoms with van der Waals surface area (Å²) in [7, 11) is -3.09. The molecule has 2 fully saturated rings. The molecule has 0 aromatic heterocycles. The van der Waals surface area contributed by atoms with Crippen molar-refractivity contribution >= 4 is 10.0 Å². The monoisotopic (exact) mass is 260 g/mol. The van der Waals surface area contributed by atoms with E-state index in [1.54, 1.807) is 0 Å². The highest BCUT2D eigenvalue weighted by Gasteiger charge is 2.24. The summed E-state index contributed by atoms with van der Waals surface area (Å²) in [5, 5.41) is 3.24. The summed E-state index contributed by atoms with van der Waals surface area (Å²) in [5.74, 6) is 0.870. The van der Waals surface area contributed by atoms with Gasteiger partial charge < -0.3 is 5.32 Å². The number of hydrogen-bond acceptors (Lipinski definition) is 3. The third kappa shape index (κ3) is 4.94. The van der Waals surface area contributed by atoms with E-state index in [4.69, 9.17) is 0 Å². The highest BCUT2D eigenvalue weighted by atomic mass is 32.2. The quantitative estimate of drug-likeness (QED) is 0.755. The Labute approximate surface area is 105 Å². The molecule has 2 atom stereocenters. The van der Waals surface area contributed by atoms with Crippen molar-refractivity contribution in [2.75, 3.05) is 12.3 Å². The second kappa shape index (κ2) is 5.67. The second-order valence-electron chi connectivity index (χ2n) is 5.63. The maximum Gasteiger partial charge on any atom is 0.213 e. The molecule has 0 aromatic carbocycles. The van der Waals surface area contributed by atoms with Crippen molar-refractivity contribution in [3.63, 3.8) is 0 Å². The summed E-state index contributed by atoms with van der Waals surface area (Å²) >= 11 is 0. The second-order valence-corrected chi connectivity index (χ2v) is 7.51. The number of nitrogens with one attached hydrogen (secondary N) is 2. The first-order valence-corrected chi connectivity index (χ1v) is 8.44. The molecule has 5 heteroatoms. The Balaban J connectivity index is 1.70. The minimum atomic E-state index is -3.09. The first kappa shape index (κ1) is 13.3. The first-order chi connectivity index (χ1) is 8.05. The smallest absolute Gasteiger partial charge is 0.213 e. The Bertz CT molecular complexity index is 338. The van der Waals surface area contributed by atoms with E-state index in [1.165, 1.54) is 19.3 Å². The van der Waals surface area contributed by atoms with Crippen LogP contribution in [0.4, 0.5) is 0 Å². The zero-order chi connectivity index (χ0) is 12.3. The fourth-order valence-corrected chi connectivity index (χ4v) is 3.77. The molecular weight excluding hydrogens is 236 g/mol. The summed E-state index contributed by atoms with van der Waals surface area (Å²) in [6.07, 6.45) is 6.78. The van der Waals surface area contributed by atoms with Crippen LogP contribution in [0.25, 0.3) is 0 Å². The van der Waals surface area contributed by atoms with Crippen molar-refractivity contribution in [1.29, 1.82) is 0 Å². The Morgan fingerprint density at radius 3 is 2.53 bits per heavy atom. The highest BCUT2D eigenvalue weighted by Crippen LogP contribution is 2.24. The summed E-state index contributed by atoms with van der Waals surface area (Å²) < 4.78 is 26.6. The van der Waals surface area contributed by atoms with Crippen LogP contribution in [0.3, 0.4) is 0 Å². The molecule has 0 spiro atoms. The van der Waals surface area contributed by atoms with Gasteiger partial charge in [0.15, 0.2) is 0 Å². The summed E-state index contributed by atoms with van der Waals surface area (Å²) in [6, 6.07) is 0.754. The lowest BCUT2D eigenvalue weighted by Gasteiger charge is -2.27. The van der Waals surface area contributed by atoms with Crippen molar-refractivity contribution < 1.29 is 8.42 Å². The Kier molecular flexibility index (Phi) is 4.44. The zero-order valence-corrected chi connectivity index (χ0v) is 11.4. The van der Waals surface area contributed by atoms with Gasteiger partial charge in [-0.1, -0.05) is 19.8 Å². The van der Waals surface area contributed by atoms with Gasteiger partial charge in [0.1, 0.15) is 0 Å². The van der Waals surface area contributed by atoms with E-state index in [-0.39, 0.29) is 11.8 Å². The average Bonchev–Trinajstić information content (AvgIpc) is 3.00. The molecular formula is C12H24N2O2S. The van der Waals surface area contributed by atoms with Crippen LogP contribution >= 0.6 is 0 Å². The predicted molar refractivity (Wildman–Crippen MR) is 69.4 cm³/mol. The van der Waals surface area contributed by atoms with Gasteiger partial charge in [-0.2, -0.15) is 0 Å². The van der Waals surface area contributed by atoms with Crippen molar-refractivity contribution in [1.82, 2.24) is 10.0 Å². The molecule has 0 aromatic rings. The molecule has 0 saturated heterocycles. The van der Waals surface area contributed by atoms with Crippen molar-refractivity contribution in [2.24, 2.45) is 5.92 Å². The molecule has 0 radical (unpaired) electrons. The average molecular weight is 260 g/mol. The van der Waals surface area contributed by atoms with Crippen molar-refractivity contribution in [3.05, 3.63) is 0 Å². The molecule has 2 unspecified atom stereocenters. The van der Waals surface area contributed by atoms with Crippen molar-refractivity contribution in [3.8, 4) is 0 Å². The van der Waals surface area contributed by atoms with Gasteiger partial charge in [0.25, 0.3) is 0 Å². The summed E-state index contributed by atoms with van der Waals surface area (Å²) in [6.45, 7) is 2.79. The molecule has 2 rings (SSSR count). The molecule has 2 saturated carbocycles. The molecule has 0 bridgehead atoms. The normalized spacial score (nSPS) is 30.4. The minimum absolute atomic E-state index is 0.171. The molecule has 2 aliphatic rings. The molecule has 0 heterocycles. The van der Waals surface area contributed by atoms with E-state index in [9.17, 15) is 8.42 Å². The van der Waals surface area contributed by atoms with Gasteiger partial charge >= 0.3 is 0 Å². The van der Waals surface area contributed by atoms with Gasteiger partial charge in [-0.25, -0.2) is 13.1 Å². The van der Waals surface area contributed by atoms with Crippen LogP contribution in [0.15, 0.2) is 0 Å². The lowest BCUT2D eigenvalue weighted by atomic mass is 9.88. The fourth-order valence-electron chi connectivity index (χ4n) is 2.54. The largest absolute Gasteiger partial charge is 0.313 e. The summed E-state index contributed by atoms with van der Waals surface area (Å²) in [5.41, 5.74) is 0. The Morgan fingerprint density at radius 1 is 1.12 bits per heavy atom. The lowest BCUT2D eigenvalue weighted by Crippen LogP contribution is -2.41. The third-order valence-corrected chi connectivity index (χ3v) is 5.10. The Hall–Kier alpha value is -0.130. The minimum Gasteiger partial charge on any atom is -0.313 e. The fraction of sp³-hybridized carbons (Fsp3) is 1.00. The lowest BCUT2D eigenvalue weighted by molar-refractivity contribution is 0.327. The van der Waals surface area contributed by atoms with Crippen LogP contribution in [0, 0.1) is 5.92 Å². The topological polar surface area (TPSA) is 58.2 Å². The van der Waals surface area contributed by atoms with Gasteiger partial charge in [0, 0.05) is 18.6 Å². The van der Waals surface area contributed by atoms with Crippen LogP contribution in [-0.4, -0.2) is 32.8 Å². The molecule has 2 N–H and O–H groups in total. The first-order valence-electron chi connectivity index (χ1n) is 6.78. The van der Waals surface area contributed by atoms with Crippen LogP contribution < -0.4 is 10.0 Å². The molecule has 2 aliphatic carbocycles. The van der Waals surface area contributed by atoms with Gasteiger partial charge in [-0.3, -0.25) is 0 Å². The van der Waals surface area contributed by atoms with Gasteiger partial charge in [0.2, 0.25) is 10.0 Å². The van der Waals surface area contributed by atoms with E-state index >= 15 is 0 Å². The van der Waals surface area contributed by atoms with Gasteiger partial charge in [0.05, 0.1) is 5.75 Å². The highest BCUT2D eigenvalue weighted by molar-refractivity contribution is 7.89. The zero-order valence-electron chi connectivity index (χ0n) is 10.6. The maximum atomic E-state index is 11.9. The van der Waals surface area contributed by atoms with Crippen LogP contribution in [0.2, 0.25) is 0 Å². The van der Waals surface area contributed by atoms with Crippen LogP contribution in [-0.2, 0) is 10.0 Å². The molecule has 0 aliphatic heterocycles. The van der Waals surface area contributed by atoms with Crippen molar-refractivity contribution in [2.45, 2.75) is 57.5 Å². The third-order valence-electron chi connectivity index (χ3n) is 3.66. The van der Waals surface area contributed by atoms with E-state index < -0.39 is 10.0 Å². The van der Waals surface area contributed by atoms with Crippen LogP contribution in [0.5, 0.6) is 0 Å². The summed E-state index contributed by atoms with van der Waals surface area (Å²) in [4.78, 5) is 0. The van der Waals surface area contributed by atoms with E-state index in [0.717, 1.165) is 19.3 Å². The number of rotatable bonds is 6. The molecule has 4 nitrogen and oxygen atoms in total. The van der Waals surface area contributed by atoms with Gasteiger partial charge in [-0.15, -0.1) is 0 Å². The standard InChI is InChI=1S/C12H24N2O2S/c1-10-3-2-4-12(9-10)14-17(15,16)8-7-13-11-5-6-11/h10-14H,2-9H2,1H3. The van der Waals surface area contributed by atoms with Gasteiger partial charge in [-0.05, 0) is 31.6 Å². The SMILES string of the molecule is CC1CCCC(NS(=O)(=O)CCNC2CC2)C1. The predicted octanol–water partition coefficient (Wildman–Crippen LogP) is 1.24.